The van der Waals surface area contributed by atoms with E-state index in [0.717, 1.165) is 44.1 Å². The largest absolute Gasteiger partial charge is 0.364 e. The summed E-state index contributed by atoms with van der Waals surface area (Å²) in [6.07, 6.45) is 15.0. The van der Waals surface area contributed by atoms with Crippen LogP contribution in [0.5, 0.6) is 0 Å². The van der Waals surface area contributed by atoms with Crippen molar-refractivity contribution < 1.29 is 0 Å². The minimum absolute atomic E-state index is 0.583. The second-order valence-electron chi connectivity index (χ2n) is 11.6. The van der Waals surface area contributed by atoms with Crippen molar-refractivity contribution in [3.63, 3.8) is 0 Å². The minimum Gasteiger partial charge on any atom is -0.364 e. The van der Waals surface area contributed by atoms with Crippen LogP contribution in [0.2, 0.25) is 0 Å². The highest BCUT2D eigenvalue weighted by molar-refractivity contribution is 5.53. The molecule has 4 nitrogen and oxygen atoms in total. The number of aromatic nitrogens is 2. The Morgan fingerprint density at radius 2 is 1.54 bits per heavy atom. The zero-order valence-electron chi connectivity index (χ0n) is 28.8. The number of aryl methyl sites for hydroxylation is 1. The summed E-state index contributed by atoms with van der Waals surface area (Å²) in [5, 5.41) is 23.1. The van der Waals surface area contributed by atoms with Crippen molar-refractivity contribution in [3.05, 3.63) is 63.2 Å². The summed E-state index contributed by atoms with van der Waals surface area (Å²) in [6.45, 7) is 30.0. The van der Waals surface area contributed by atoms with Crippen LogP contribution in [0.1, 0.15) is 143 Å². The zero-order chi connectivity index (χ0) is 31.8. The third kappa shape index (κ3) is 17.5. The van der Waals surface area contributed by atoms with Crippen LogP contribution in [-0.2, 0) is 6.54 Å². The molecule has 41 heavy (non-hydrogen) atoms. The molecule has 0 atom stereocenters. The molecule has 0 saturated heterocycles. The van der Waals surface area contributed by atoms with Crippen LogP contribution in [0.4, 0.5) is 5.82 Å². The Morgan fingerprint density at radius 1 is 1.00 bits per heavy atom. The van der Waals surface area contributed by atoms with Gasteiger partial charge in [0.15, 0.2) is 5.82 Å². The number of unbranched alkanes of at least 4 members (excludes halogenated alkanes) is 2. The maximum absolute atomic E-state index is 9.16. The van der Waals surface area contributed by atoms with Crippen molar-refractivity contribution in [1.29, 1.82) is 5.26 Å². The maximum Gasteiger partial charge on any atom is 0.156 e. The van der Waals surface area contributed by atoms with Crippen LogP contribution in [0.25, 0.3) is 12.2 Å². The van der Waals surface area contributed by atoms with E-state index in [-0.39, 0.29) is 0 Å². The van der Waals surface area contributed by atoms with Gasteiger partial charge in [-0.3, -0.25) is 0 Å². The summed E-state index contributed by atoms with van der Waals surface area (Å²) in [5.74, 6) is 0.721. The number of hydrogen-bond donors (Lipinski definition) is 1. The van der Waals surface area contributed by atoms with E-state index in [0.29, 0.717) is 12.1 Å². The summed E-state index contributed by atoms with van der Waals surface area (Å²) < 4.78 is 0. The molecule has 0 radical (unpaired) electrons. The molecule has 1 saturated carbocycles. The lowest BCUT2D eigenvalue weighted by molar-refractivity contribution is 0.190. The van der Waals surface area contributed by atoms with E-state index >= 15 is 0 Å². The Kier molecular flexibility index (Phi) is 23.3. The molecular weight excluding hydrogens is 500 g/mol. The van der Waals surface area contributed by atoms with Gasteiger partial charge in [0, 0.05) is 17.0 Å². The van der Waals surface area contributed by atoms with Gasteiger partial charge in [-0.2, -0.15) is 10.4 Å². The molecule has 230 valence electrons. The predicted octanol–water partition coefficient (Wildman–Crippen LogP) is 9.96. The topological polar surface area (TPSA) is 61.6 Å². The van der Waals surface area contributed by atoms with Gasteiger partial charge in [0.05, 0.1) is 17.3 Å². The molecule has 1 heterocycles. The lowest BCUT2D eigenvalue weighted by atomic mass is 9.72. The summed E-state index contributed by atoms with van der Waals surface area (Å²) in [6, 6.07) is 7.96. The SMILES string of the molecule is C=C(C)/C=c1/c(NCc2cccc(C#N)c2C)nnc(C)/c1=C/C.CC1(C)CCC1.CCC.CCC.CCCCC. The summed E-state index contributed by atoms with van der Waals surface area (Å²) in [4.78, 5) is 0. The van der Waals surface area contributed by atoms with E-state index in [1.807, 2.05) is 58.0 Å². The number of benzene rings is 1. The van der Waals surface area contributed by atoms with Crippen LogP contribution >= 0.6 is 0 Å². The van der Waals surface area contributed by atoms with E-state index in [2.05, 4.69) is 83.6 Å². The molecule has 0 bridgehead atoms. The fraction of sp³-hybridized carbons (Fsp3) is 0.595. The molecule has 0 aliphatic heterocycles. The van der Waals surface area contributed by atoms with E-state index < -0.39 is 0 Å². The molecule has 0 spiro atoms. The zero-order valence-corrected chi connectivity index (χ0v) is 28.8. The highest BCUT2D eigenvalue weighted by atomic mass is 15.2. The number of nitriles is 1. The number of nitrogens with zero attached hydrogens (tertiary/aromatic N) is 3. The van der Waals surface area contributed by atoms with Crippen LogP contribution in [-0.4, -0.2) is 10.2 Å². The number of rotatable bonds is 6. The molecule has 2 aromatic rings. The average Bonchev–Trinajstić information content (AvgIpc) is 2.90. The highest BCUT2D eigenvalue weighted by Gasteiger charge is 2.25. The summed E-state index contributed by atoms with van der Waals surface area (Å²) in [7, 11) is 0. The lowest BCUT2D eigenvalue weighted by Crippen LogP contribution is -2.33. The van der Waals surface area contributed by atoms with Crippen LogP contribution in [0.3, 0.4) is 0 Å². The van der Waals surface area contributed by atoms with Crippen LogP contribution in [0, 0.1) is 30.6 Å². The fourth-order valence-electron chi connectivity index (χ4n) is 3.86. The Balaban J connectivity index is 0. The van der Waals surface area contributed by atoms with Crippen molar-refractivity contribution >= 4 is 18.0 Å². The molecular formula is C37H62N4. The molecule has 1 aromatic carbocycles. The first-order valence-electron chi connectivity index (χ1n) is 15.8. The normalized spacial score (nSPS) is 13.2. The van der Waals surface area contributed by atoms with Crippen molar-refractivity contribution in [2.45, 2.75) is 141 Å². The van der Waals surface area contributed by atoms with Crippen molar-refractivity contribution in [3.8, 4) is 6.07 Å². The maximum atomic E-state index is 9.16. The number of hydrogen-bond acceptors (Lipinski definition) is 4. The molecule has 0 unspecified atom stereocenters. The number of nitrogens with one attached hydrogen (secondary N) is 1. The Hall–Kier alpha value is -2.93. The third-order valence-corrected chi connectivity index (χ3v) is 6.34. The van der Waals surface area contributed by atoms with Gasteiger partial charge >= 0.3 is 0 Å². The predicted molar refractivity (Wildman–Crippen MR) is 183 cm³/mol. The van der Waals surface area contributed by atoms with E-state index in [9.17, 15) is 0 Å². The van der Waals surface area contributed by atoms with Crippen LogP contribution in [0.15, 0.2) is 30.4 Å². The van der Waals surface area contributed by atoms with Gasteiger partial charge in [0.1, 0.15) is 0 Å². The highest BCUT2D eigenvalue weighted by Crippen LogP contribution is 2.38. The Morgan fingerprint density at radius 3 is 1.90 bits per heavy atom. The molecule has 1 fully saturated rings. The molecule has 4 heteroatoms. The monoisotopic (exact) mass is 562 g/mol. The van der Waals surface area contributed by atoms with Gasteiger partial charge in [0.25, 0.3) is 0 Å². The van der Waals surface area contributed by atoms with Gasteiger partial charge in [-0.15, -0.1) is 5.10 Å². The minimum atomic E-state index is 0.583. The molecule has 0 amide bonds. The van der Waals surface area contributed by atoms with Gasteiger partial charge in [-0.05, 0) is 69.2 Å². The summed E-state index contributed by atoms with van der Waals surface area (Å²) >= 11 is 0. The second-order valence-corrected chi connectivity index (χ2v) is 11.6. The quantitative estimate of drug-likeness (QED) is 0.380. The fourth-order valence-corrected chi connectivity index (χ4v) is 3.86. The van der Waals surface area contributed by atoms with Crippen molar-refractivity contribution in [2.75, 3.05) is 5.32 Å². The molecule has 1 aliphatic carbocycles. The molecule has 1 aliphatic rings. The van der Waals surface area contributed by atoms with Gasteiger partial charge in [0.2, 0.25) is 0 Å². The van der Waals surface area contributed by atoms with Crippen molar-refractivity contribution in [1.82, 2.24) is 10.2 Å². The first-order chi connectivity index (χ1) is 19.4. The molecule has 3 rings (SSSR count). The van der Waals surface area contributed by atoms with E-state index in [1.54, 1.807) is 0 Å². The standard InChI is InChI=1S/C20H22N4.C6H12.C5H12.2C3H8/c1-6-18-15(5)23-24-20(19(18)10-13(2)3)22-12-17-9-7-8-16(11-21)14(17)4;1-6(2)4-3-5-6;1-3-5-4-2;2*1-3-2/h6-10H,2,12H2,1,3-5H3,(H,22,24);3-5H2,1-2H3;3-5H2,1-2H3;2*3H2,1-2H3/b18-6-,19-10+;;;;. The first-order valence-corrected chi connectivity index (χ1v) is 15.8. The summed E-state index contributed by atoms with van der Waals surface area (Å²) in [5.41, 5.74) is 5.31. The number of allylic oxidation sites excluding steroid dienone is 1. The van der Waals surface area contributed by atoms with Crippen molar-refractivity contribution in [2.24, 2.45) is 5.41 Å². The Bertz CT molecular complexity index is 1140. The smallest absolute Gasteiger partial charge is 0.156 e. The van der Waals surface area contributed by atoms with Gasteiger partial charge < -0.3 is 5.32 Å². The first kappa shape index (κ1) is 40.2. The third-order valence-electron chi connectivity index (χ3n) is 6.34. The number of anilines is 1. The lowest BCUT2D eigenvalue weighted by Gasteiger charge is -2.33. The molecule has 1 aromatic heterocycles. The van der Waals surface area contributed by atoms with E-state index in [1.165, 1.54) is 51.4 Å². The van der Waals surface area contributed by atoms with Gasteiger partial charge in [-0.1, -0.05) is 124 Å². The molecule has 1 N–H and O–H groups in total. The average molecular weight is 563 g/mol. The van der Waals surface area contributed by atoms with E-state index in [4.69, 9.17) is 5.26 Å². The second kappa shape index (κ2) is 23.7. The van der Waals surface area contributed by atoms with Crippen LogP contribution < -0.4 is 15.8 Å². The van der Waals surface area contributed by atoms with Gasteiger partial charge in [-0.25, -0.2) is 0 Å². The Labute approximate surface area is 254 Å².